The molecule has 0 aromatic heterocycles. The minimum Gasteiger partial charge on any atom is -0.496 e. The van der Waals surface area contributed by atoms with Gasteiger partial charge in [-0.3, -0.25) is 4.79 Å². The Kier molecular flexibility index (Phi) is 3.36. The summed E-state index contributed by atoms with van der Waals surface area (Å²) in [5, 5.41) is 9.36. The third-order valence-corrected chi connectivity index (χ3v) is 2.26. The van der Waals surface area contributed by atoms with Crippen molar-refractivity contribution < 1.29 is 14.6 Å². The van der Waals surface area contributed by atoms with E-state index in [0.717, 1.165) is 0 Å². The first kappa shape index (κ1) is 10.9. The molecule has 0 aliphatic rings. The van der Waals surface area contributed by atoms with E-state index in [9.17, 15) is 4.79 Å². The molecule has 1 aromatic rings. The van der Waals surface area contributed by atoms with Gasteiger partial charge in [0, 0.05) is 10.6 Å². The number of benzene rings is 1. The number of methoxy groups -OCH3 is 1. The molecule has 0 radical (unpaired) electrons. The standard InChI is InChI=1S/C10H11ClO3/c1-6(10(12)13)8-5-7(11)3-4-9(8)14-2/h3-6H,1-2H3,(H,12,13)/t6-/m1/s1. The monoisotopic (exact) mass is 214 g/mol. The molecule has 0 fully saturated rings. The van der Waals surface area contributed by atoms with Gasteiger partial charge in [0.1, 0.15) is 5.75 Å². The summed E-state index contributed by atoms with van der Waals surface area (Å²) in [5.41, 5.74) is 0.590. The van der Waals surface area contributed by atoms with Crippen molar-refractivity contribution in [2.24, 2.45) is 0 Å². The summed E-state index contributed by atoms with van der Waals surface area (Å²) in [5.74, 6) is -0.974. The van der Waals surface area contributed by atoms with Crippen LogP contribution in [0, 0.1) is 0 Å². The Morgan fingerprint density at radius 2 is 2.21 bits per heavy atom. The highest BCUT2D eigenvalue weighted by Gasteiger charge is 2.18. The van der Waals surface area contributed by atoms with Crippen molar-refractivity contribution in [1.29, 1.82) is 0 Å². The van der Waals surface area contributed by atoms with Gasteiger partial charge in [-0.1, -0.05) is 11.6 Å². The quantitative estimate of drug-likeness (QED) is 0.841. The fourth-order valence-corrected chi connectivity index (χ4v) is 1.36. The summed E-state index contributed by atoms with van der Waals surface area (Å²) in [6, 6.07) is 4.94. The molecule has 0 heterocycles. The molecule has 0 spiro atoms. The largest absolute Gasteiger partial charge is 0.496 e. The molecule has 0 unspecified atom stereocenters. The Balaban J connectivity index is 3.16. The van der Waals surface area contributed by atoms with Gasteiger partial charge in [-0.15, -0.1) is 0 Å². The highest BCUT2D eigenvalue weighted by molar-refractivity contribution is 6.30. The molecule has 1 rings (SSSR count). The first-order chi connectivity index (χ1) is 6.56. The molecular formula is C10H11ClO3. The Bertz CT molecular complexity index is 349. The first-order valence-corrected chi connectivity index (χ1v) is 4.50. The number of rotatable bonds is 3. The maximum Gasteiger partial charge on any atom is 0.310 e. The van der Waals surface area contributed by atoms with Crippen LogP contribution < -0.4 is 4.74 Å². The fraction of sp³-hybridized carbons (Fsp3) is 0.300. The van der Waals surface area contributed by atoms with Gasteiger partial charge in [0.2, 0.25) is 0 Å². The number of hydrogen-bond acceptors (Lipinski definition) is 2. The average molecular weight is 215 g/mol. The summed E-state index contributed by atoms with van der Waals surface area (Å²) in [6.45, 7) is 1.59. The predicted molar refractivity (Wildman–Crippen MR) is 54.1 cm³/mol. The summed E-state index contributed by atoms with van der Waals surface area (Å²) >= 11 is 5.77. The summed E-state index contributed by atoms with van der Waals surface area (Å²) in [7, 11) is 1.50. The smallest absolute Gasteiger partial charge is 0.310 e. The van der Waals surface area contributed by atoms with Gasteiger partial charge < -0.3 is 9.84 Å². The third-order valence-electron chi connectivity index (χ3n) is 2.03. The summed E-state index contributed by atoms with van der Waals surface area (Å²) in [4.78, 5) is 10.8. The van der Waals surface area contributed by atoms with Crippen molar-refractivity contribution >= 4 is 17.6 Å². The van der Waals surface area contributed by atoms with E-state index in [2.05, 4.69) is 0 Å². The van der Waals surface area contributed by atoms with Crippen LogP contribution in [0.3, 0.4) is 0 Å². The van der Waals surface area contributed by atoms with E-state index in [1.807, 2.05) is 0 Å². The van der Waals surface area contributed by atoms with Crippen LogP contribution in [0.1, 0.15) is 18.4 Å². The molecule has 0 saturated heterocycles. The molecule has 1 aromatic carbocycles. The molecule has 4 heteroatoms. The van der Waals surface area contributed by atoms with Crippen LogP contribution in [0.25, 0.3) is 0 Å². The predicted octanol–water partition coefficient (Wildman–Crippen LogP) is 2.54. The molecule has 0 aliphatic carbocycles. The topological polar surface area (TPSA) is 46.5 Å². The summed E-state index contributed by atoms with van der Waals surface area (Å²) < 4.78 is 5.05. The maximum absolute atomic E-state index is 10.8. The number of halogens is 1. The number of hydrogen-bond donors (Lipinski definition) is 1. The molecule has 0 aliphatic heterocycles. The van der Waals surface area contributed by atoms with E-state index in [-0.39, 0.29) is 0 Å². The molecule has 3 nitrogen and oxygen atoms in total. The second-order valence-corrected chi connectivity index (χ2v) is 3.38. The van der Waals surface area contributed by atoms with Crippen LogP contribution in [0.2, 0.25) is 5.02 Å². The molecule has 14 heavy (non-hydrogen) atoms. The van der Waals surface area contributed by atoms with Crippen molar-refractivity contribution in [3.63, 3.8) is 0 Å². The second kappa shape index (κ2) is 4.33. The van der Waals surface area contributed by atoms with Crippen molar-refractivity contribution in [3.05, 3.63) is 28.8 Å². The van der Waals surface area contributed by atoms with Crippen LogP contribution in [0.4, 0.5) is 0 Å². The lowest BCUT2D eigenvalue weighted by atomic mass is 10.0. The van der Waals surface area contributed by atoms with Crippen molar-refractivity contribution in [2.45, 2.75) is 12.8 Å². The van der Waals surface area contributed by atoms with E-state index < -0.39 is 11.9 Å². The van der Waals surface area contributed by atoms with Crippen LogP contribution in [0.15, 0.2) is 18.2 Å². The van der Waals surface area contributed by atoms with Gasteiger partial charge in [-0.2, -0.15) is 0 Å². The SMILES string of the molecule is COc1ccc(Cl)cc1[C@@H](C)C(=O)O. The van der Waals surface area contributed by atoms with Crippen LogP contribution in [0.5, 0.6) is 5.75 Å². The number of carbonyl (C=O) groups is 1. The van der Waals surface area contributed by atoms with Crippen LogP contribution in [-0.4, -0.2) is 18.2 Å². The Morgan fingerprint density at radius 3 is 2.71 bits per heavy atom. The lowest BCUT2D eigenvalue weighted by Crippen LogP contribution is -2.08. The van der Waals surface area contributed by atoms with Crippen LogP contribution >= 0.6 is 11.6 Å². The minimum absolute atomic E-state index is 0.508. The molecule has 0 bridgehead atoms. The molecule has 76 valence electrons. The Labute approximate surface area is 87.3 Å². The van der Waals surface area contributed by atoms with E-state index in [0.29, 0.717) is 16.3 Å². The normalized spacial score (nSPS) is 12.2. The van der Waals surface area contributed by atoms with E-state index in [1.54, 1.807) is 25.1 Å². The highest BCUT2D eigenvalue weighted by Crippen LogP contribution is 2.29. The van der Waals surface area contributed by atoms with Crippen LogP contribution in [-0.2, 0) is 4.79 Å². The van der Waals surface area contributed by atoms with Gasteiger partial charge >= 0.3 is 5.97 Å². The Hall–Kier alpha value is -1.22. The third kappa shape index (κ3) is 2.17. The number of carboxylic acids is 1. The van der Waals surface area contributed by atoms with E-state index in [4.69, 9.17) is 21.4 Å². The maximum atomic E-state index is 10.8. The van der Waals surface area contributed by atoms with Gasteiger partial charge in [0.15, 0.2) is 0 Å². The molecule has 1 atom stereocenters. The van der Waals surface area contributed by atoms with E-state index in [1.165, 1.54) is 7.11 Å². The summed E-state index contributed by atoms with van der Waals surface area (Å²) in [6.07, 6.45) is 0. The van der Waals surface area contributed by atoms with Gasteiger partial charge in [0.25, 0.3) is 0 Å². The number of ether oxygens (including phenoxy) is 1. The van der Waals surface area contributed by atoms with Gasteiger partial charge in [0.05, 0.1) is 13.0 Å². The fourth-order valence-electron chi connectivity index (χ4n) is 1.18. The number of carboxylic acid groups (broad SMARTS) is 1. The zero-order valence-electron chi connectivity index (χ0n) is 7.95. The molecule has 0 amide bonds. The zero-order valence-corrected chi connectivity index (χ0v) is 8.71. The molecular weight excluding hydrogens is 204 g/mol. The zero-order chi connectivity index (χ0) is 10.7. The second-order valence-electron chi connectivity index (χ2n) is 2.95. The first-order valence-electron chi connectivity index (χ1n) is 4.12. The van der Waals surface area contributed by atoms with Crippen molar-refractivity contribution in [1.82, 2.24) is 0 Å². The molecule has 1 N–H and O–H groups in total. The number of aliphatic carboxylic acids is 1. The minimum atomic E-state index is -0.898. The van der Waals surface area contributed by atoms with Crippen molar-refractivity contribution in [2.75, 3.05) is 7.11 Å². The van der Waals surface area contributed by atoms with Gasteiger partial charge in [-0.25, -0.2) is 0 Å². The average Bonchev–Trinajstić information content (AvgIpc) is 2.16. The van der Waals surface area contributed by atoms with E-state index >= 15 is 0 Å². The lowest BCUT2D eigenvalue weighted by molar-refractivity contribution is -0.138. The Morgan fingerprint density at radius 1 is 1.57 bits per heavy atom. The lowest BCUT2D eigenvalue weighted by Gasteiger charge is -2.11. The highest BCUT2D eigenvalue weighted by atomic mass is 35.5. The van der Waals surface area contributed by atoms with Gasteiger partial charge in [-0.05, 0) is 25.1 Å². The molecule has 0 saturated carbocycles. The van der Waals surface area contributed by atoms with Crippen molar-refractivity contribution in [3.8, 4) is 5.75 Å².